The Morgan fingerprint density at radius 2 is 2.30 bits per heavy atom. The summed E-state index contributed by atoms with van der Waals surface area (Å²) in [6.45, 7) is 1.97. The number of thiazole rings is 1. The number of carbonyl (C=O) groups excluding carboxylic acids is 1. The van der Waals surface area contributed by atoms with Gasteiger partial charge in [0.2, 0.25) is 5.91 Å². The standard InChI is InChI=1S/C14H20N2O3S/c1-9-15-10(8-20-9)4-2-7-13(17)16-12-6-3-5-11(12)14(18)19/h8,11-12H,2-7H2,1H3,(H,16,17)(H,18,19)/t11-,12+/m0/s1. The molecule has 2 atom stereocenters. The molecule has 0 saturated heterocycles. The molecule has 6 heteroatoms. The molecule has 0 bridgehead atoms. The summed E-state index contributed by atoms with van der Waals surface area (Å²) in [5, 5.41) is 15.0. The minimum atomic E-state index is -0.800. The van der Waals surface area contributed by atoms with Crippen LogP contribution in [0.4, 0.5) is 0 Å². The van der Waals surface area contributed by atoms with Gasteiger partial charge >= 0.3 is 5.97 Å². The van der Waals surface area contributed by atoms with Crippen molar-refractivity contribution in [3.05, 3.63) is 16.1 Å². The Morgan fingerprint density at radius 1 is 1.50 bits per heavy atom. The molecule has 1 aromatic heterocycles. The summed E-state index contributed by atoms with van der Waals surface area (Å²) in [4.78, 5) is 27.2. The first-order valence-electron chi connectivity index (χ1n) is 6.99. The highest BCUT2D eigenvalue weighted by Crippen LogP contribution is 2.25. The monoisotopic (exact) mass is 296 g/mol. The van der Waals surface area contributed by atoms with Crippen LogP contribution in [0.15, 0.2) is 5.38 Å². The van der Waals surface area contributed by atoms with E-state index in [9.17, 15) is 9.59 Å². The maximum absolute atomic E-state index is 11.8. The maximum atomic E-state index is 11.8. The summed E-state index contributed by atoms with van der Waals surface area (Å²) in [6.07, 6.45) is 4.29. The van der Waals surface area contributed by atoms with Gasteiger partial charge in [-0.1, -0.05) is 6.42 Å². The number of nitrogens with zero attached hydrogens (tertiary/aromatic N) is 1. The van der Waals surface area contributed by atoms with Crippen LogP contribution in [-0.4, -0.2) is 28.0 Å². The smallest absolute Gasteiger partial charge is 0.308 e. The average Bonchev–Trinajstić information content (AvgIpc) is 2.98. The van der Waals surface area contributed by atoms with Gasteiger partial charge in [-0.2, -0.15) is 0 Å². The molecule has 1 saturated carbocycles. The van der Waals surface area contributed by atoms with Crippen LogP contribution in [0.2, 0.25) is 0 Å². The van der Waals surface area contributed by atoms with Crippen LogP contribution in [0.1, 0.15) is 42.8 Å². The van der Waals surface area contributed by atoms with Crippen LogP contribution < -0.4 is 5.32 Å². The Hall–Kier alpha value is -1.43. The predicted octanol–water partition coefficient (Wildman–Crippen LogP) is 2.14. The van der Waals surface area contributed by atoms with Crippen molar-refractivity contribution in [3.8, 4) is 0 Å². The van der Waals surface area contributed by atoms with Crippen molar-refractivity contribution < 1.29 is 14.7 Å². The number of amides is 1. The van der Waals surface area contributed by atoms with E-state index in [1.165, 1.54) is 0 Å². The predicted molar refractivity (Wildman–Crippen MR) is 76.7 cm³/mol. The van der Waals surface area contributed by atoms with E-state index in [0.717, 1.165) is 36.4 Å². The number of hydrogen-bond donors (Lipinski definition) is 2. The number of carboxylic acid groups (broad SMARTS) is 1. The number of aromatic nitrogens is 1. The minimum Gasteiger partial charge on any atom is -0.481 e. The molecule has 1 heterocycles. The molecule has 0 aromatic carbocycles. The van der Waals surface area contributed by atoms with Gasteiger partial charge in [-0.15, -0.1) is 11.3 Å². The summed E-state index contributed by atoms with van der Waals surface area (Å²) in [6, 6.07) is -0.193. The molecule has 2 rings (SSSR count). The zero-order valence-electron chi connectivity index (χ0n) is 11.6. The van der Waals surface area contributed by atoms with E-state index in [4.69, 9.17) is 5.11 Å². The number of aryl methyl sites for hydroxylation is 2. The van der Waals surface area contributed by atoms with Crippen molar-refractivity contribution in [2.45, 2.75) is 51.5 Å². The summed E-state index contributed by atoms with van der Waals surface area (Å²) in [5.74, 6) is -1.26. The topological polar surface area (TPSA) is 79.3 Å². The largest absolute Gasteiger partial charge is 0.481 e. The highest BCUT2D eigenvalue weighted by atomic mass is 32.1. The number of nitrogens with one attached hydrogen (secondary N) is 1. The zero-order chi connectivity index (χ0) is 14.5. The quantitative estimate of drug-likeness (QED) is 0.843. The van der Waals surface area contributed by atoms with Gasteiger partial charge < -0.3 is 10.4 Å². The van der Waals surface area contributed by atoms with E-state index in [1.807, 2.05) is 12.3 Å². The van der Waals surface area contributed by atoms with Crippen LogP contribution in [0, 0.1) is 12.8 Å². The number of carbonyl (C=O) groups is 2. The molecule has 0 spiro atoms. The van der Waals surface area contributed by atoms with Gasteiger partial charge in [0.25, 0.3) is 0 Å². The maximum Gasteiger partial charge on any atom is 0.308 e. The fourth-order valence-corrected chi connectivity index (χ4v) is 3.31. The van der Waals surface area contributed by atoms with Crippen molar-refractivity contribution in [2.75, 3.05) is 0 Å². The second kappa shape index (κ2) is 6.83. The zero-order valence-corrected chi connectivity index (χ0v) is 12.4. The molecule has 20 heavy (non-hydrogen) atoms. The van der Waals surface area contributed by atoms with E-state index in [0.29, 0.717) is 12.8 Å². The molecule has 1 fully saturated rings. The molecule has 110 valence electrons. The summed E-state index contributed by atoms with van der Waals surface area (Å²) < 4.78 is 0. The van der Waals surface area contributed by atoms with Crippen LogP contribution in [0.5, 0.6) is 0 Å². The summed E-state index contributed by atoms with van der Waals surface area (Å²) in [5.41, 5.74) is 1.03. The van der Waals surface area contributed by atoms with Crippen molar-refractivity contribution in [1.82, 2.24) is 10.3 Å². The Balaban J connectivity index is 1.71. The van der Waals surface area contributed by atoms with Crippen molar-refractivity contribution in [3.63, 3.8) is 0 Å². The normalized spacial score (nSPS) is 21.9. The van der Waals surface area contributed by atoms with Gasteiger partial charge in [0.1, 0.15) is 0 Å². The molecular formula is C14H20N2O3S. The first-order chi connectivity index (χ1) is 9.56. The number of aliphatic carboxylic acids is 1. The number of hydrogen-bond acceptors (Lipinski definition) is 4. The Labute approximate surface area is 122 Å². The molecule has 1 aliphatic rings. The van der Waals surface area contributed by atoms with E-state index in [-0.39, 0.29) is 11.9 Å². The van der Waals surface area contributed by atoms with E-state index in [1.54, 1.807) is 11.3 Å². The van der Waals surface area contributed by atoms with Crippen molar-refractivity contribution >= 4 is 23.2 Å². The lowest BCUT2D eigenvalue weighted by atomic mass is 10.0. The SMILES string of the molecule is Cc1nc(CCCC(=O)N[C@@H]2CCC[C@@H]2C(=O)O)cs1. The molecule has 1 aromatic rings. The van der Waals surface area contributed by atoms with Gasteiger partial charge in [-0.3, -0.25) is 9.59 Å². The van der Waals surface area contributed by atoms with Gasteiger partial charge in [0.15, 0.2) is 0 Å². The van der Waals surface area contributed by atoms with Crippen LogP contribution >= 0.6 is 11.3 Å². The van der Waals surface area contributed by atoms with E-state index in [2.05, 4.69) is 10.3 Å². The molecule has 1 aliphatic carbocycles. The molecule has 0 aliphatic heterocycles. The van der Waals surface area contributed by atoms with E-state index >= 15 is 0 Å². The number of rotatable bonds is 6. The van der Waals surface area contributed by atoms with Crippen LogP contribution in [0.25, 0.3) is 0 Å². The molecule has 0 radical (unpaired) electrons. The highest BCUT2D eigenvalue weighted by Gasteiger charge is 2.33. The lowest BCUT2D eigenvalue weighted by Gasteiger charge is -2.17. The Kier molecular flexibility index (Phi) is 5.11. The highest BCUT2D eigenvalue weighted by molar-refractivity contribution is 7.09. The number of carboxylic acids is 1. The van der Waals surface area contributed by atoms with Gasteiger partial charge in [-0.05, 0) is 32.6 Å². The third-order valence-electron chi connectivity index (χ3n) is 3.68. The first-order valence-corrected chi connectivity index (χ1v) is 7.87. The van der Waals surface area contributed by atoms with Crippen LogP contribution in [-0.2, 0) is 16.0 Å². The second-order valence-corrected chi connectivity index (χ2v) is 6.32. The fraction of sp³-hybridized carbons (Fsp3) is 0.643. The molecule has 5 nitrogen and oxygen atoms in total. The lowest BCUT2D eigenvalue weighted by molar-refractivity contribution is -0.142. The second-order valence-electron chi connectivity index (χ2n) is 5.26. The third-order valence-corrected chi connectivity index (χ3v) is 4.51. The Morgan fingerprint density at radius 3 is 2.95 bits per heavy atom. The minimum absolute atomic E-state index is 0.0462. The first kappa shape index (κ1) is 15.0. The van der Waals surface area contributed by atoms with Crippen molar-refractivity contribution in [1.29, 1.82) is 0 Å². The fourth-order valence-electron chi connectivity index (χ4n) is 2.66. The lowest BCUT2D eigenvalue weighted by Crippen LogP contribution is -2.40. The summed E-state index contributed by atoms with van der Waals surface area (Å²) in [7, 11) is 0. The molecular weight excluding hydrogens is 276 g/mol. The molecule has 2 N–H and O–H groups in total. The van der Waals surface area contributed by atoms with Crippen molar-refractivity contribution in [2.24, 2.45) is 5.92 Å². The van der Waals surface area contributed by atoms with Gasteiger partial charge in [0, 0.05) is 17.8 Å². The molecule has 0 unspecified atom stereocenters. The summed E-state index contributed by atoms with van der Waals surface area (Å²) >= 11 is 1.62. The van der Waals surface area contributed by atoms with Crippen LogP contribution in [0.3, 0.4) is 0 Å². The third kappa shape index (κ3) is 4.03. The average molecular weight is 296 g/mol. The Bertz CT molecular complexity index is 487. The molecule has 1 amide bonds. The van der Waals surface area contributed by atoms with E-state index < -0.39 is 11.9 Å². The van der Waals surface area contributed by atoms with Gasteiger partial charge in [0.05, 0.1) is 16.6 Å². The van der Waals surface area contributed by atoms with Gasteiger partial charge in [-0.25, -0.2) is 4.98 Å².